The number of nitrogens with zero attached hydrogens (tertiary/aromatic N) is 3. The van der Waals surface area contributed by atoms with Gasteiger partial charge in [-0.25, -0.2) is 18.4 Å². The number of rotatable bonds is 4. The maximum atomic E-state index is 12.3. The van der Waals surface area contributed by atoms with Crippen LogP contribution in [0.5, 0.6) is 0 Å². The summed E-state index contributed by atoms with van der Waals surface area (Å²) in [6, 6.07) is 20.3. The Kier molecular flexibility index (Phi) is 5.10. The SMILES string of the molecule is O=C(Nc1ccc(-c2nc3nc(N4CCS(=O)(=O)CC4)ccc3[nH]2)cc1)c1ccccc1. The quantitative estimate of drug-likeness (QED) is 0.498. The van der Waals surface area contributed by atoms with Crippen molar-refractivity contribution in [1.82, 2.24) is 15.0 Å². The molecule has 1 aliphatic rings. The lowest BCUT2D eigenvalue weighted by Gasteiger charge is -2.27. The van der Waals surface area contributed by atoms with Crippen LogP contribution in [0.25, 0.3) is 22.6 Å². The molecule has 1 aliphatic heterocycles. The van der Waals surface area contributed by atoms with Crippen LogP contribution < -0.4 is 10.2 Å². The molecule has 2 aromatic heterocycles. The second-order valence-corrected chi connectivity index (χ2v) is 9.97. The number of carbonyl (C=O) groups is 1. The highest BCUT2D eigenvalue weighted by atomic mass is 32.2. The number of aromatic nitrogens is 3. The minimum Gasteiger partial charge on any atom is -0.355 e. The molecule has 5 rings (SSSR count). The van der Waals surface area contributed by atoms with Gasteiger partial charge in [-0.2, -0.15) is 0 Å². The van der Waals surface area contributed by atoms with Crippen molar-refractivity contribution in [2.75, 3.05) is 34.8 Å². The van der Waals surface area contributed by atoms with Crippen LogP contribution in [0.3, 0.4) is 0 Å². The largest absolute Gasteiger partial charge is 0.355 e. The molecule has 0 atom stereocenters. The number of hydrogen-bond acceptors (Lipinski definition) is 6. The Bertz CT molecular complexity index is 1370. The predicted octanol–water partition coefficient (Wildman–Crippen LogP) is 3.11. The summed E-state index contributed by atoms with van der Waals surface area (Å²) in [6.07, 6.45) is 0. The molecule has 0 saturated carbocycles. The molecule has 3 heterocycles. The Morgan fingerprint density at radius 3 is 2.34 bits per heavy atom. The molecule has 2 N–H and O–H groups in total. The van der Waals surface area contributed by atoms with Crippen molar-refractivity contribution in [3.8, 4) is 11.4 Å². The van der Waals surface area contributed by atoms with Gasteiger partial charge in [-0.3, -0.25) is 4.79 Å². The summed E-state index contributed by atoms with van der Waals surface area (Å²) in [6.45, 7) is 0.878. The van der Waals surface area contributed by atoms with E-state index in [9.17, 15) is 13.2 Å². The fourth-order valence-electron chi connectivity index (χ4n) is 3.64. The molecule has 0 radical (unpaired) electrons. The number of nitrogens with one attached hydrogen (secondary N) is 2. The van der Waals surface area contributed by atoms with E-state index < -0.39 is 9.84 Å². The number of hydrogen-bond donors (Lipinski definition) is 2. The van der Waals surface area contributed by atoms with Gasteiger partial charge in [-0.1, -0.05) is 18.2 Å². The molecule has 0 aliphatic carbocycles. The third-order valence-electron chi connectivity index (χ3n) is 5.45. The van der Waals surface area contributed by atoms with E-state index in [2.05, 4.69) is 20.3 Å². The third-order valence-corrected chi connectivity index (χ3v) is 7.06. The molecule has 4 aromatic rings. The molecule has 2 aromatic carbocycles. The number of aromatic amines is 1. The van der Waals surface area contributed by atoms with Gasteiger partial charge in [0, 0.05) is 29.9 Å². The number of pyridine rings is 1. The van der Waals surface area contributed by atoms with E-state index in [1.807, 2.05) is 59.5 Å². The van der Waals surface area contributed by atoms with Crippen LogP contribution in [0.15, 0.2) is 66.7 Å². The summed E-state index contributed by atoms with van der Waals surface area (Å²) in [4.78, 5) is 26.8. The first-order valence-corrected chi connectivity index (χ1v) is 12.1. The number of amides is 1. The zero-order chi connectivity index (χ0) is 22.1. The molecule has 162 valence electrons. The molecule has 0 bridgehead atoms. The fourth-order valence-corrected chi connectivity index (χ4v) is 4.84. The molecular formula is C23H21N5O3S. The van der Waals surface area contributed by atoms with Crippen LogP contribution in [0.4, 0.5) is 11.5 Å². The van der Waals surface area contributed by atoms with Crippen molar-refractivity contribution < 1.29 is 13.2 Å². The summed E-state index contributed by atoms with van der Waals surface area (Å²) in [5.74, 6) is 1.53. The minimum absolute atomic E-state index is 0.145. The second kappa shape index (κ2) is 8.08. The van der Waals surface area contributed by atoms with Crippen LogP contribution in [-0.4, -0.2) is 53.9 Å². The van der Waals surface area contributed by atoms with Crippen molar-refractivity contribution >= 4 is 38.4 Å². The average molecular weight is 448 g/mol. The number of sulfone groups is 1. The summed E-state index contributed by atoms with van der Waals surface area (Å²) >= 11 is 0. The van der Waals surface area contributed by atoms with Gasteiger partial charge in [0.1, 0.15) is 11.6 Å². The Hall–Kier alpha value is -3.72. The van der Waals surface area contributed by atoms with Crippen LogP contribution in [0.2, 0.25) is 0 Å². The molecule has 1 saturated heterocycles. The maximum Gasteiger partial charge on any atom is 0.255 e. The van der Waals surface area contributed by atoms with E-state index in [0.717, 1.165) is 16.9 Å². The molecular weight excluding hydrogens is 426 g/mol. The summed E-state index contributed by atoms with van der Waals surface area (Å²) in [5.41, 5.74) is 3.54. The summed E-state index contributed by atoms with van der Waals surface area (Å²) in [7, 11) is -2.94. The lowest BCUT2D eigenvalue weighted by Crippen LogP contribution is -2.40. The highest BCUT2D eigenvalue weighted by Gasteiger charge is 2.23. The number of carbonyl (C=O) groups excluding carboxylic acids is 1. The van der Waals surface area contributed by atoms with E-state index in [0.29, 0.717) is 35.8 Å². The summed E-state index contributed by atoms with van der Waals surface area (Å²) in [5, 5.41) is 2.88. The number of anilines is 2. The number of imidazole rings is 1. The van der Waals surface area contributed by atoms with Crippen molar-refractivity contribution in [2.45, 2.75) is 0 Å². The second-order valence-electron chi connectivity index (χ2n) is 7.66. The number of H-pyrrole nitrogens is 1. The number of fused-ring (bicyclic) bond motifs is 1. The normalized spacial score (nSPS) is 15.6. The van der Waals surface area contributed by atoms with E-state index >= 15 is 0 Å². The van der Waals surface area contributed by atoms with Gasteiger partial charge in [0.25, 0.3) is 5.91 Å². The highest BCUT2D eigenvalue weighted by molar-refractivity contribution is 7.91. The first-order chi connectivity index (χ1) is 15.5. The lowest BCUT2D eigenvalue weighted by molar-refractivity contribution is 0.102. The Morgan fingerprint density at radius 1 is 0.906 bits per heavy atom. The van der Waals surface area contributed by atoms with E-state index in [4.69, 9.17) is 0 Å². The zero-order valence-corrected chi connectivity index (χ0v) is 18.0. The smallest absolute Gasteiger partial charge is 0.255 e. The molecule has 32 heavy (non-hydrogen) atoms. The monoisotopic (exact) mass is 447 g/mol. The van der Waals surface area contributed by atoms with Crippen molar-refractivity contribution in [3.63, 3.8) is 0 Å². The van der Waals surface area contributed by atoms with Crippen LogP contribution in [-0.2, 0) is 9.84 Å². The van der Waals surface area contributed by atoms with Gasteiger partial charge in [-0.05, 0) is 48.5 Å². The van der Waals surface area contributed by atoms with Crippen molar-refractivity contribution in [1.29, 1.82) is 0 Å². The van der Waals surface area contributed by atoms with Gasteiger partial charge >= 0.3 is 0 Å². The van der Waals surface area contributed by atoms with Gasteiger partial charge in [0.15, 0.2) is 15.5 Å². The summed E-state index contributed by atoms with van der Waals surface area (Å²) < 4.78 is 23.3. The first-order valence-electron chi connectivity index (χ1n) is 10.3. The van der Waals surface area contributed by atoms with Gasteiger partial charge < -0.3 is 15.2 Å². The molecule has 9 heteroatoms. The van der Waals surface area contributed by atoms with Crippen LogP contribution in [0.1, 0.15) is 10.4 Å². The Balaban J connectivity index is 1.33. The van der Waals surface area contributed by atoms with Gasteiger partial charge in [-0.15, -0.1) is 0 Å². The molecule has 0 unspecified atom stereocenters. The lowest BCUT2D eigenvalue weighted by atomic mass is 10.1. The van der Waals surface area contributed by atoms with E-state index in [1.165, 1.54) is 0 Å². The van der Waals surface area contributed by atoms with E-state index in [1.54, 1.807) is 12.1 Å². The zero-order valence-electron chi connectivity index (χ0n) is 17.2. The standard InChI is InChI=1S/C23H21N5O3S/c29-23(17-4-2-1-3-5-17)24-18-8-6-16(7-9-18)21-25-19-10-11-20(26-22(19)27-21)28-12-14-32(30,31)15-13-28/h1-11H,12-15H2,(H,24,29)(H,25,26,27). The minimum atomic E-state index is -2.94. The van der Waals surface area contributed by atoms with Gasteiger partial charge in [0.05, 0.1) is 17.0 Å². The molecule has 8 nitrogen and oxygen atoms in total. The average Bonchev–Trinajstić information content (AvgIpc) is 3.23. The first kappa shape index (κ1) is 20.2. The topological polar surface area (TPSA) is 108 Å². The van der Waals surface area contributed by atoms with E-state index in [-0.39, 0.29) is 17.4 Å². The maximum absolute atomic E-state index is 12.3. The van der Waals surface area contributed by atoms with Crippen LogP contribution >= 0.6 is 0 Å². The fraction of sp³-hybridized carbons (Fsp3) is 0.174. The Morgan fingerprint density at radius 2 is 1.62 bits per heavy atom. The highest BCUT2D eigenvalue weighted by Crippen LogP contribution is 2.24. The van der Waals surface area contributed by atoms with Crippen LogP contribution in [0, 0.1) is 0 Å². The molecule has 0 spiro atoms. The predicted molar refractivity (Wildman–Crippen MR) is 125 cm³/mol. The molecule has 1 fully saturated rings. The number of benzene rings is 2. The van der Waals surface area contributed by atoms with Gasteiger partial charge in [0.2, 0.25) is 0 Å². The van der Waals surface area contributed by atoms with Crippen molar-refractivity contribution in [3.05, 3.63) is 72.3 Å². The van der Waals surface area contributed by atoms with Crippen molar-refractivity contribution in [2.24, 2.45) is 0 Å². The third kappa shape index (κ3) is 4.19. The Labute approximate surface area is 185 Å². The molecule has 1 amide bonds.